The Hall–Kier alpha value is -0.820. The zero-order valence-electron chi connectivity index (χ0n) is 24.8. The highest BCUT2D eigenvalue weighted by Crippen LogP contribution is 2.17. The molecule has 0 heterocycles. The zero-order valence-corrected chi connectivity index (χ0v) is 24.8. The van der Waals surface area contributed by atoms with E-state index in [1.54, 1.807) is 0 Å². The Labute approximate surface area is 222 Å². The summed E-state index contributed by atoms with van der Waals surface area (Å²) < 4.78 is 0. The van der Waals surface area contributed by atoms with Gasteiger partial charge in [-0.05, 0) is 77.8 Å². The third-order valence-electron chi connectivity index (χ3n) is 7.41. The van der Waals surface area contributed by atoms with Crippen LogP contribution in [0.4, 0.5) is 0 Å². The van der Waals surface area contributed by atoms with Gasteiger partial charge in [-0.3, -0.25) is 0 Å². The second kappa shape index (κ2) is 29.4. The molecule has 0 aromatic rings. The van der Waals surface area contributed by atoms with Gasteiger partial charge in [0, 0.05) is 6.04 Å². The topological polar surface area (TPSA) is 3.24 Å². The van der Waals surface area contributed by atoms with Crippen molar-refractivity contribution in [3.05, 3.63) is 36.5 Å². The van der Waals surface area contributed by atoms with Crippen molar-refractivity contribution in [3.8, 4) is 0 Å². The van der Waals surface area contributed by atoms with Gasteiger partial charge in [-0.25, -0.2) is 0 Å². The van der Waals surface area contributed by atoms with Crippen molar-refractivity contribution in [3.63, 3.8) is 0 Å². The van der Waals surface area contributed by atoms with Gasteiger partial charge in [0.15, 0.2) is 0 Å². The van der Waals surface area contributed by atoms with Crippen LogP contribution in [0.5, 0.6) is 0 Å². The molecule has 206 valence electrons. The molecule has 0 N–H and O–H groups in total. The second-order valence-electron chi connectivity index (χ2n) is 10.7. The zero-order chi connectivity index (χ0) is 25.7. The summed E-state index contributed by atoms with van der Waals surface area (Å²) in [5, 5.41) is 0. The molecule has 0 unspecified atom stereocenters. The van der Waals surface area contributed by atoms with E-state index in [1.807, 2.05) is 0 Å². The molecule has 0 aliphatic rings. The Balaban J connectivity index is 3.68. The Bertz CT molecular complexity index is 475. The molecule has 0 aromatic heterocycles. The number of nitrogens with zero attached hydrogens (tertiary/aromatic N) is 1. The molecule has 0 saturated carbocycles. The fourth-order valence-electron chi connectivity index (χ4n) is 4.76. The summed E-state index contributed by atoms with van der Waals surface area (Å²) in [4.78, 5) is 2.60. The average molecular weight is 488 g/mol. The van der Waals surface area contributed by atoms with Crippen LogP contribution in [0.3, 0.4) is 0 Å². The Morgan fingerprint density at radius 3 is 1.31 bits per heavy atom. The number of unbranched alkanes of at least 4 members (excludes halogenated alkanes) is 15. The molecule has 0 spiro atoms. The molecule has 0 saturated heterocycles. The van der Waals surface area contributed by atoms with Crippen molar-refractivity contribution in [1.82, 2.24) is 4.90 Å². The molecule has 0 rings (SSSR count). The predicted octanol–water partition coefficient (Wildman–Crippen LogP) is 11.6. The largest absolute Gasteiger partial charge is 0.304 e. The van der Waals surface area contributed by atoms with E-state index in [-0.39, 0.29) is 0 Å². The first-order valence-electron chi connectivity index (χ1n) is 15.9. The SMILES string of the molecule is CCCC/C=C/C/C=C\CCCCCC[C@H](CCCCCC/C=C/CCCCCCC)N(C)CC. The summed E-state index contributed by atoms with van der Waals surface area (Å²) in [5.74, 6) is 0. The molecule has 0 radical (unpaired) electrons. The highest BCUT2D eigenvalue weighted by atomic mass is 15.1. The lowest BCUT2D eigenvalue weighted by Gasteiger charge is -2.27. The van der Waals surface area contributed by atoms with E-state index in [9.17, 15) is 0 Å². The van der Waals surface area contributed by atoms with Crippen molar-refractivity contribution < 1.29 is 0 Å². The molecule has 1 heteroatoms. The van der Waals surface area contributed by atoms with Crippen molar-refractivity contribution in [2.75, 3.05) is 13.6 Å². The monoisotopic (exact) mass is 488 g/mol. The first-order valence-corrected chi connectivity index (χ1v) is 15.9. The van der Waals surface area contributed by atoms with Gasteiger partial charge < -0.3 is 4.90 Å². The molecular formula is C34H65N. The van der Waals surface area contributed by atoms with E-state index >= 15 is 0 Å². The molecule has 1 nitrogen and oxygen atoms in total. The molecule has 0 bridgehead atoms. The van der Waals surface area contributed by atoms with Gasteiger partial charge in [-0.15, -0.1) is 0 Å². The number of rotatable bonds is 27. The molecule has 0 amide bonds. The summed E-state index contributed by atoms with van der Waals surface area (Å²) in [7, 11) is 2.33. The molecule has 35 heavy (non-hydrogen) atoms. The predicted molar refractivity (Wildman–Crippen MR) is 162 cm³/mol. The average Bonchev–Trinajstić information content (AvgIpc) is 2.87. The smallest absolute Gasteiger partial charge is 0.00920 e. The van der Waals surface area contributed by atoms with Crippen LogP contribution in [0.15, 0.2) is 36.5 Å². The summed E-state index contributed by atoms with van der Waals surface area (Å²) in [6.45, 7) is 8.05. The lowest BCUT2D eigenvalue weighted by atomic mass is 9.99. The van der Waals surface area contributed by atoms with Crippen molar-refractivity contribution in [2.45, 2.75) is 168 Å². The van der Waals surface area contributed by atoms with E-state index in [0.29, 0.717) is 0 Å². The van der Waals surface area contributed by atoms with Gasteiger partial charge in [0.2, 0.25) is 0 Å². The minimum absolute atomic E-state index is 0.798. The fraction of sp³-hybridized carbons (Fsp3) is 0.824. The molecule has 0 aliphatic heterocycles. The van der Waals surface area contributed by atoms with E-state index in [4.69, 9.17) is 0 Å². The Morgan fingerprint density at radius 1 is 0.457 bits per heavy atom. The van der Waals surface area contributed by atoms with Crippen LogP contribution in [-0.2, 0) is 0 Å². The van der Waals surface area contributed by atoms with Gasteiger partial charge in [0.1, 0.15) is 0 Å². The molecule has 0 aliphatic carbocycles. The quantitative estimate of drug-likeness (QED) is 0.0822. The number of hydrogen-bond donors (Lipinski definition) is 0. The molecule has 0 fully saturated rings. The van der Waals surface area contributed by atoms with Crippen LogP contribution in [0.1, 0.15) is 162 Å². The van der Waals surface area contributed by atoms with Gasteiger partial charge in [0.05, 0.1) is 0 Å². The second-order valence-corrected chi connectivity index (χ2v) is 10.7. The van der Waals surface area contributed by atoms with E-state index in [0.717, 1.165) is 12.5 Å². The highest BCUT2D eigenvalue weighted by Gasteiger charge is 2.12. The highest BCUT2D eigenvalue weighted by molar-refractivity contribution is 4.92. The summed E-state index contributed by atoms with van der Waals surface area (Å²) in [6.07, 6.45) is 44.1. The standard InChI is InChI=1S/C34H65N/c1-5-8-10-12-14-16-18-20-22-24-26-28-30-32-34(35(4)7-3)33-31-29-27-25-23-21-19-17-15-13-11-9-6-2/h12,14,18-21,34H,5-11,13,15-17,22-33H2,1-4H3/b14-12+,20-18-,21-19+/t34-/m1/s1. The van der Waals surface area contributed by atoms with Crippen LogP contribution in [0, 0.1) is 0 Å². The molecule has 0 aromatic carbocycles. The van der Waals surface area contributed by atoms with Crippen LogP contribution in [0.2, 0.25) is 0 Å². The van der Waals surface area contributed by atoms with Gasteiger partial charge in [-0.2, -0.15) is 0 Å². The van der Waals surface area contributed by atoms with Crippen molar-refractivity contribution in [2.24, 2.45) is 0 Å². The Kier molecular flexibility index (Phi) is 28.7. The maximum absolute atomic E-state index is 2.60. The fourth-order valence-corrected chi connectivity index (χ4v) is 4.76. The van der Waals surface area contributed by atoms with Crippen LogP contribution < -0.4 is 0 Å². The van der Waals surface area contributed by atoms with Crippen LogP contribution in [0.25, 0.3) is 0 Å². The summed E-state index contributed by atoms with van der Waals surface area (Å²) >= 11 is 0. The van der Waals surface area contributed by atoms with E-state index in [2.05, 4.69) is 69.2 Å². The summed E-state index contributed by atoms with van der Waals surface area (Å²) in [6, 6.07) is 0.798. The third kappa shape index (κ3) is 26.1. The minimum atomic E-state index is 0.798. The number of hydrogen-bond acceptors (Lipinski definition) is 1. The molecule has 1 atom stereocenters. The maximum Gasteiger partial charge on any atom is 0.00920 e. The van der Waals surface area contributed by atoms with Gasteiger partial charge in [-0.1, -0.05) is 134 Å². The Morgan fingerprint density at radius 2 is 0.857 bits per heavy atom. The van der Waals surface area contributed by atoms with E-state index in [1.165, 1.54) is 141 Å². The number of allylic oxidation sites excluding steroid dienone is 6. The van der Waals surface area contributed by atoms with Gasteiger partial charge >= 0.3 is 0 Å². The maximum atomic E-state index is 2.60. The normalized spacial score (nSPS) is 13.3. The first kappa shape index (κ1) is 34.2. The van der Waals surface area contributed by atoms with Crippen LogP contribution >= 0.6 is 0 Å². The van der Waals surface area contributed by atoms with Crippen molar-refractivity contribution >= 4 is 0 Å². The molecular weight excluding hydrogens is 422 g/mol. The first-order chi connectivity index (χ1) is 17.3. The lowest BCUT2D eigenvalue weighted by molar-refractivity contribution is 0.219. The lowest BCUT2D eigenvalue weighted by Crippen LogP contribution is -2.31. The third-order valence-corrected chi connectivity index (χ3v) is 7.41. The van der Waals surface area contributed by atoms with E-state index < -0.39 is 0 Å². The summed E-state index contributed by atoms with van der Waals surface area (Å²) in [5.41, 5.74) is 0. The van der Waals surface area contributed by atoms with Gasteiger partial charge in [0.25, 0.3) is 0 Å². The van der Waals surface area contributed by atoms with Crippen molar-refractivity contribution in [1.29, 1.82) is 0 Å². The van der Waals surface area contributed by atoms with Crippen LogP contribution in [-0.4, -0.2) is 24.5 Å². The minimum Gasteiger partial charge on any atom is -0.304 e.